The Morgan fingerprint density at radius 3 is 2.42 bits per heavy atom. The molecule has 3 rings (SSSR count). The van der Waals surface area contributed by atoms with Crippen molar-refractivity contribution < 1.29 is 18.8 Å². The first-order valence-corrected chi connectivity index (χ1v) is 11.6. The fraction of sp³-hybridized carbons (Fsp3) is 0.292. The number of allylic oxidation sites excluding steroid dienone is 3. The third-order valence-electron chi connectivity index (χ3n) is 5.03. The number of hydrogen-bond acceptors (Lipinski definition) is 5. The molecule has 1 aliphatic heterocycles. The lowest BCUT2D eigenvalue weighted by atomic mass is 9.86. The number of hydrogen-bond donors (Lipinski definition) is 1. The van der Waals surface area contributed by atoms with Crippen molar-refractivity contribution in [3.63, 3.8) is 0 Å². The highest BCUT2D eigenvalue weighted by Gasteiger charge is 2.41. The minimum absolute atomic E-state index is 0.396. The number of halogens is 1. The van der Waals surface area contributed by atoms with Crippen LogP contribution in [-0.2, 0) is 20.7 Å². The molecule has 0 fully saturated rings. The molecule has 7 heteroatoms. The van der Waals surface area contributed by atoms with Crippen LogP contribution < -0.4 is 10.1 Å². The Kier molecular flexibility index (Phi) is 7.70. The van der Waals surface area contributed by atoms with Crippen molar-refractivity contribution in [2.75, 3.05) is 13.7 Å². The van der Waals surface area contributed by atoms with Crippen LogP contribution in [0.25, 0.3) is 0 Å². The normalized spacial score (nSPS) is 17.3. The van der Waals surface area contributed by atoms with E-state index in [0.29, 0.717) is 38.3 Å². The van der Waals surface area contributed by atoms with Crippen LogP contribution in [0.1, 0.15) is 38.7 Å². The molecule has 164 valence electrons. The third-order valence-corrected chi connectivity index (χ3v) is 7.02. The number of methoxy groups -OCH3 is 1. The van der Waals surface area contributed by atoms with E-state index in [1.807, 2.05) is 44.2 Å². The molecule has 0 spiro atoms. The molecule has 2 aromatic rings. The van der Waals surface area contributed by atoms with Gasteiger partial charge in [-0.2, -0.15) is 0 Å². The predicted octanol–water partition coefficient (Wildman–Crippen LogP) is 5.30. The van der Waals surface area contributed by atoms with E-state index in [0.717, 1.165) is 17.9 Å². The zero-order valence-corrected chi connectivity index (χ0v) is 19.6. The van der Waals surface area contributed by atoms with Crippen molar-refractivity contribution in [1.29, 1.82) is 0 Å². The molecular formula is C24H26ClNO4S. The molecule has 31 heavy (non-hydrogen) atoms. The Morgan fingerprint density at radius 1 is 1.13 bits per heavy atom. The van der Waals surface area contributed by atoms with Gasteiger partial charge in [0.2, 0.25) is 0 Å². The summed E-state index contributed by atoms with van der Waals surface area (Å²) < 4.78 is 24.4. The van der Waals surface area contributed by atoms with E-state index in [1.54, 1.807) is 25.1 Å². The van der Waals surface area contributed by atoms with Gasteiger partial charge in [-0.25, -0.2) is 4.79 Å². The molecule has 2 atom stereocenters. The van der Waals surface area contributed by atoms with E-state index < -0.39 is 23.1 Å². The smallest absolute Gasteiger partial charge is 0.336 e. The molecule has 0 saturated carbocycles. The van der Waals surface area contributed by atoms with E-state index in [4.69, 9.17) is 21.1 Å². The second-order valence-corrected chi connectivity index (χ2v) is 9.04. The summed E-state index contributed by atoms with van der Waals surface area (Å²) in [6.07, 6.45) is 0.910. The van der Waals surface area contributed by atoms with Crippen LogP contribution in [0.2, 0.25) is 5.02 Å². The van der Waals surface area contributed by atoms with Crippen molar-refractivity contribution in [3.05, 3.63) is 81.0 Å². The maximum absolute atomic E-state index is 13.7. The summed E-state index contributed by atoms with van der Waals surface area (Å²) in [7, 11) is 1.34. The number of esters is 1. The molecule has 0 radical (unpaired) electrons. The second kappa shape index (κ2) is 10.3. The number of nitrogens with one attached hydrogen (secondary N) is 1. The standard InChI is InChI=1S/C24H26ClNO4S/c1-5-14-30-17-10-12-18(13-11-17)31(28)23-16(3)26-15(2)21(24(27)29-4)22(23)19-8-6-7-9-20(19)25/h6-13,22,26H,5,14H2,1-4H3. The maximum Gasteiger partial charge on any atom is 0.336 e. The minimum Gasteiger partial charge on any atom is -0.607 e. The Hall–Kier alpha value is -2.41. The van der Waals surface area contributed by atoms with Crippen molar-refractivity contribution in [2.45, 2.75) is 38.0 Å². The molecule has 0 aromatic heterocycles. The van der Waals surface area contributed by atoms with Gasteiger partial charge in [0.15, 0.2) is 9.80 Å². The number of ether oxygens (including phenoxy) is 2. The van der Waals surface area contributed by atoms with E-state index >= 15 is 0 Å². The SMILES string of the molecule is CCCOc1ccc([S+]([O-])C2=C(C)NC(C)=C(C(=O)OC)C2c2ccccc2Cl)cc1. The lowest BCUT2D eigenvalue weighted by Gasteiger charge is -2.31. The van der Waals surface area contributed by atoms with Crippen molar-refractivity contribution >= 4 is 28.7 Å². The Bertz CT molecular complexity index is 1020. The van der Waals surface area contributed by atoms with Crippen LogP contribution in [-0.4, -0.2) is 24.2 Å². The summed E-state index contributed by atoms with van der Waals surface area (Å²) in [6.45, 7) is 6.32. The van der Waals surface area contributed by atoms with Gasteiger partial charge in [-0.1, -0.05) is 36.7 Å². The summed E-state index contributed by atoms with van der Waals surface area (Å²) in [5.74, 6) is -0.358. The second-order valence-electron chi connectivity index (χ2n) is 7.19. The fourth-order valence-corrected chi connectivity index (χ4v) is 5.28. The lowest BCUT2D eigenvalue weighted by molar-refractivity contribution is -0.136. The highest BCUT2D eigenvalue weighted by Crippen LogP contribution is 2.45. The average Bonchev–Trinajstić information content (AvgIpc) is 2.77. The minimum atomic E-state index is -1.55. The van der Waals surface area contributed by atoms with Gasteiger partial charge in [0.1, 0.15) is 5.75 Å². The number of carbonyl (C=O) groups is 1. The quantitative estimate of drug-likeness (QED) is 0.449. The average molecular weight is 460 g/mol. The molecular weight excluding hydrogens is 434 g/mol. The molecule has 0 saturated heterocycles. The number of benzene rings is 2. The molecule has 0 bridgehead atoms. The van der Waals surface area contributed by atoms with Gasteiger partial charge in [0.05, 0.1) is 30.9 Å². The van der Waals surface area contributed by atoms with Crippen LogP contribution in [0, 0.1) is 0 Å². The van der Waals surface area contributed by atoms with Gasteiger partial charge in [-0.15, -0.1) is 0 Å². The van der Waals surface area contributed by atoms with Crippen LogP contribution in [0.4, 0.5) is 0 Å². The van der Waals surface area contributed by atoms with Crippen LogP contribution in [0.5, 0.6) is 5.75 Å². The molecule has 1 aliphatic rings. The largest absolute Gasteiger partial charge is 0.607 e. The molecule has 0 amide bonds. The van der Waals surface area contributed by atoms with Gasteiger partial charge in [0.25, 0.3) is 0 Å². The summed E-state index contributed by atoms with van der Waals surface area (Å²) in [5.41, 5.74) is 2.47. The monoisotopic (exact) mass is 459 g/mol. The van der Waals surface area contributed by atoms with E-state index in [9.17, 15) is 9.35 Å². The van der Waals surface area contributed by atoms with Crippen molar-refractivity contribution in [3.8, 4) is 5.75 Å². The number of carbonyl (C=O) groups excluding carboxylic acids is 1. The number of dihydropyridines is 1. The van der Waals surface area contributed by atoms with Gasteiger partial charge < -0.3 is 19.3 Å². The predicted molar refractivity (Wildman–Crippen MR) is 123 cm³/mol. The molecule has 1 N–H and O–H groups in total. The summed E-state index contributed by atoms with van der Waals surface area (Å²) in [6, 6.07) is 14.5. The first-order chi connectivity index (χ1) is 14.9. The zero-order chi connectivity index (χ0) is 22.5. The Balaban J connectivity index is 2.08. The summed E-state index contributed by atoms with van der Waals surface area (Å²) in [4.78, 5) is 13.9. The van der Waals surface area contributed by atoms with Gasteiger partial charge in [-0.05, 0) is 56.2 Å². The first kappa shape index (κ1) is 23.3. The van der Waals surface area contributed by atoms with E-state index in [2.05, 4.69) is 5.32 Å². The van der Waals surface area contributed by atoms with Gasteiger partial charge in [-0.3, -0.25) is 0 Å². The Labute approximate surface area is 191 Å². The molecule has 5 nitrogen and oxygen atoms in total. The van der Waals surface area contributed by atoms with Crippen LogP contribution in [0.3, 0.4) is 0 Å². The number of rotatable bonds is 7. The van der Waals surface area contributed by atoms with Crippen molar-refractivity contribution in [1.82, 2.24) is 5.32 Å². The van der Waals surface area contributed by atoms with Crippen LogP contribution in [0.15, 0.2) is 75.3 Å². The highest BCUT2D eigenvalue weighted by atomic mass is 35.5. The molecule has 2 unspecified atom stereocenters. The van der Waals surface area contributed by atoms with Crippen molar-refractivity contribution in [2.24, 2.45) is 0 Å². The first-order valence-electron chi connectivity index (χ1n) is 10.0. The topological polar surface area (TPSA) is 70.6 Å². The lowest BCUT2D eigenvalue weighted by Crippen LogP contribution is -2.31. The Morgan fingerprint density at radius 2 is 1.81 bits per heavy atom. The van der Waals surface area contributed by atoms with E-state index in [-0.39, 0.29) is 0 Å². The maximum atomic E-state index is 13.7. The van der Waals surface area contributed by atoms with Gasteiger partial charge in [0, 0.05) is 21.9 Å². The third kappa shape index (κ3) is 4.92. The summed E-state index contributed by atoms with van der Waals surface area (Å²) >= 11 is 4.97. The van der Waals surface area contributed by atoms with E-state index in [1.165, 1.54) is 7.11 Å². The van der Waals surface area contributed by atoms with Crippen LogP contribution >= 0.6 is 11.6 Å². The molecule has 1 heterocycles. The summed E-state index contributed by atoms with van der Waals surface area (Å²) in [5, 5.41) is 3.70. The fourth-order valence-electron chi connectivity index (χ4n) is 3.61. The molecule has 0 aliphatic carbocycles. The highest BCUT2D eigenvalue weighted by molar-refractivity contribution is 7.95. The zero-order valence-electron chi connectivity index (χ0n) is 18.0. The molecule has 2 aromatic carbocycles. The van der Waals surface area contributed by atoms with Gasteiger partial charge >= 0.3 is 5.97 Å².